The van der Waals surface area contributed by atoms with Gasteiger partial charge in [-0.15, -0.1) is 0 Å². The number of hydrogen-bond acceptors (Lipinski definition) is 6. The SMILES string of the molecule is COc1ccc(OCCn2c(C)c(C=C3C(=N)N4N=C(c5ccccc5Cl)SC4=NC3=O)c3ccccc32)cc1. The highest BCUT2D eigenvalue weighted by molar-refractivity contribution is 8.27. The van der Waals surface area contributed by atoms with Gasteiger partial charge in [0.2, 0.25) is 5.17 Å². The summed E-state index contributed by atoms with van der Waals surface area (Å²) in [6.45, 7) is 3.06. The monoisotopic (exact) mass is 569 g/mol. The van der Waals surface area contributed by atoms with Gasteiger partial charge in [-0.05, 0) is 61.2 Å². The Kier molecular flexibility index (Phi) is 6.91. The summed E-state index contributed by atoms with van der Waals surface area (Å²) in [5, 5.41) is 17.3. The molecule has 6 rings (SSSR count). The summed E-state index contributed by atoms with van der Waals surface area (Å²) < 4.78 is 13.4. The van der Waals surface area contributed by atoms with Gasteiger partial charge in [-0.1, -0.05) is 48.0 Å². The Labute approximate surface area is 240 Å². The molecule has 0 fully saturated rings. The van der Waals surface area contributed by atoms with Crippen LogP contribution >= 0.6 is 23.4 Å². The topological polar surface area (TPSA) is 92.3 Å². The van der Waals surface area contributed by atoms with Crippen molar-refractivity contribution < 1.29 is 14.3 Å². The average molecular weight is 570 g/mol. The van der Waals surface area contributed by atoms with Crippen molar-refractivity contribution in [2.45, 2.75) is 13.5 Å². The molecule has 2 aliphatic heterocycles. The number of hydrazone groups is 1. The number of methoxy groups -OCH3 is 1. The first kappa shape index (κ1) is 25.9. The normalized spacial score (nSPS) is 15.9. The van der Waals surface area contributed by atoms with Crippen LogP contribution in [-0.4, -0.2) is 45.2 Å². The molecule has 0 atom stereocenters. The Hall–Kier alpha value is -4.34. The first-order valence-corrected chi connectivity index (χ1v) is 13.7. The fourth-order valence-corrected chi connectivity index (χ4v) is 5.95. The molecule has 1 aromatic heterocycles. The molecule has 0 bridgehead atoms. The molecule has 3 aromatic carbocycles. The number of fused-ring (bicyclic) bond motifs is 2. The molecule has 3 heterocycles. The van der Waals surface area contributed by atoms with Crippen LogP contribution in [-0.2, 0) is 11.3 Å². The zero-order valence-electron chi connectivity index (χ0n) is 21.7. The van der Waals surface area contributed by atoms with E-state index in [1.165, 1.54) is 16.8 Å². The van der Waals surface area contributed by atoms with E-state index in [1.54, 1.807) is 19.3 Å². The van der Waals surface area contributed by atoms with E-state index < -0.39 is 5.91 Å². The van der Waals surface area contributed by atoms with Crippen LogP contribution in [0.25, 0.3) is 17.0 Å². The van der Waals surface area contributed by atoms with Gasteiger partial charge in [0.15, 0.2) is 5.84 Å². The van der Waals surface area contributed by atoms with Crippen LogP contribution in [0.15, 0.2) is 88.5 Å². The second kappa shape index (κ2) is 10.7. The summed E-state index contributed by atoms with van der Waals surface area (Å²) in [7, 11) is 1.63. The summed E-state index contributed by atoms with van der Waals surface area (Å²) in [6.07, 6.45) is 1.75. The van der Waals surface area contributed by atoms with E-state index in [4.69, 9.17) is 26.5 Å². The van der Waals surface area contributed by atoms with Gasteiger partial charge < -0.3 is 14.0 Å². The highest BCUT2D eigenvalue weighted by Gasteiger charge is 2.36. The van der Waals surface area contributed by atoms with Crippen molar-refractivity contribution in [1.29, 1.82) is 5.41 Å². The zero-order valence-corrected chi connectivity index (χ0v) is 23.3. The van der Waals surface area contributed by atoms with E-state index in [0.29, 0.717) is 28.4 Å². The first-order chi connectivity index (χ1) is 19.4. The number of thioether (sulfide) groups is 1. The largest absolute Gasteiger partial charge is 0.497 e. The Morgan fingerprint density at radius 1 is 1.02 bits per heavy atom. The standard InChI is InChI=1S/C30H24ClN5O3S/c1-18-23(21-7-4-6-10-26(21)35(18)15-16-39-20-13-11-19(38-2)12-14-20)17-24-27(32)36-30(33-28(24)37)40-29(34-36)22-8-3-5-9-25(22)31/h3-14,17,32H,15-16H2,1-2H3. The first-order valence-electron chi connectivity index (χ1n) is 12.5. The summed E-state index contributed by atoms with van der Waals surface area (Å²) >= 11 is 7.58. The van der Waals surface area contributed by atoms with E-state index in [9.17, 15) is 4.79 Å². The minimum atomic E-state index is -0.474. The third-order valence-electron chi connectivity index (χ3n) is 6.77. The van der Waals surface area contributed by atoms with Crippen LogP contribution in [0.2, 0.25) is 5.02 Å². The number of rotatable bonds is 7. The molecule has 200 valence electrons. The van der Waals surface area contributed by atoms with Gasteiger partial charge in [-0.25, -0.2) is 0 Å². The maximum atomic E-state index is 13.1. The number of amidine groups is 2. The number of carbonyl (C=O) groups excluding carboxylic acids is 1. The van der Waals surface area contributed by atoms with Crippen molar-refractivity contribution in [2.75, 3.05) is 13.7 Å². The van der Waals surface area contributed by atoms with Crippen LogP contribution in [0.5, 0.6) is 11.5 Å². The molecule has 0 radical (unpaired) electrons. The molecule has 10 heteroatoms. The zero-order chi connectivity index (χ0) is 27.8. The number of amides is 1. The van der Waals surface area contributed by atoms with E-state index in [2.05, 4.69) is 14.7 Å². The lowest BCUT2D eigenvalue weighted by molar-refractivity contribution is -0.114. The molecule has 0 saturated heterocycles. The third kappa shape index (κ3) is 4.67. The lowest BCUT2D eigenvalue weighted by atomic mass is 10.1. The van der Waals surface area contributed by atoms with Gasteiger partial charge in [0.1, 0.15) is 23.1 Å². The van der Waals surface area contributed by atoms with Crippen LogP contribution in [0.3, 0.4) is 0 Å². The predicted molar refractivity (Wildman–Crippen MR) is 161 cm³/mol. The third-order valence-corrected chi connectivity index (χ3v) is 8.04. The van der Waals surface area contributed by atoms with E-state index in [-0.39, 0.29) is 11.4 Å². The molecule has 8 nitrogen and oxygen atoms in total. The lowest BCUT2D eigenvalue weighted by Crippen LogP contribution is -2.35. The molecule has 0 unspecified atom stereocenters. The highest BCUT2D eigenvalue weighted by atomic mass is 35.5. The van der Waals surface area contributed by atoms with Crippen molar-refractivity contribution >= 4 is 62.3 Å². The summed E-state index contributed by atoms with van der Waals surface area (Å²) in [4.78, 5) is 17.4. The smallest absolute Gasteiger partial charge is 0.283 e. The van der Waals surface area contributed by atoms with Crippen LogP contribution in [0.1, 0.15) is 16.8 Å². The molecular formula is C30H24ClN5O3S. The van der Waals surface area contributed by atoms with Crippen LogP contribution < -0.4 is 9.47 Å². The predicted octanol–water partition coefficient (Wildman–Crippen LogP) is 6.36. The van der Waals surface area contributed by atoms with E-state index in [0.717, 1.165) is 39.2 Å². The van der Waals surface area contributed by atoms with Crippen LogP contribution in [0.4, 0.5) is 0 Å². The molecule has 0 aliphatic carbocycles. The van der Waals surface area contributed by atoms with Gasteiger partial charge in [0, 0.05) is 27.7 Å². The van der Waals surface area contributed by atoms with Crippen molar-refractivity contribution in [2.24, 2.45) is 10.1 Å². The number of nitrogens with one attached hydrogen (secondary N) is 1. The highest BCUT2D eigenvalue weighted by Crippen LogP contribution is 2.34. The maximum absolute atomic E-state index is 13.1. The Balaban J connectivity index is 1.30. The average Bonchev–Trinajstić information content (AvgIpc) is 3.50. The summed E-state index contributed by atoms with van der Waals surface area (Å²) in [5.41, 5.74) is 3.73. The number of hydrogen-bond donors (Lipinski definition) is 1. The van der Waals surface area contributed by atoms with E-state index in [1.807, 2.05) is 73.7 Å². The number of ether oxygens (including phenoxy) is 2. The van der Waals surface area contributed by atoms with Gasteiger partial charge in [0.05, 0.1) is 24.3 Å². The number of para-hydroxylation sites is 1. The second-order valence-corrected chi connectivity index (χ2v) is 10.5. The number of halogens is 1. The minimum Gasteiger partial charge on any atom is -0.497 e. The summed E-state index contributed by atoms with van der Waals surface area (Å²) in [5.74, 6) is 1.03. The number of aromatic nitrogens is 1. The Bertz CT molecular complexity index is 1760. The second-order valence-electron chi connectivity index (χ2n) is 9.10. The van der Waals surface area contributed by atoms with Crippen molar-refractivity contribution in [3.8, 4) is 11.5 Å². The number of carbonyl (C=O) groups is 1. The van der Waals surface area contributed by atoms with Gasteiger partial charge >= 0.3 is 0 Å². The van der Waals surface area contributed by atoms with Gasteiger partial charge in [-0.3, -0.25) is 10.2 Å². The quantitative estimate of drug-likeness (QED) is 0.262. The Morgan fingerprint density at radius 2 is 1.75 bits per heavy atom. The van der Waals surface area contributed by atoms with Crippen molar-refractivity contribution in [1.82, 2.24) is 9.58 Å². The molecule has 1 N–H and O–H groups in total. The molecule has 0 spiro atoms. The molecule has 0 saturated carbocycles. The summed E-state index contributed by atoms with van der Waals surface area (Å²) in [6, 6.07) is 22.8. The molecule has 2 aliphatic rings. The van der Waals surface area contributed by atoms with E-state index >= 15 is 0 Å². The molecule has 40 heavy (non-hydrogen) atoms. The van der Waals surface area contributed by atoms with Crippen molar-refractivity contribution in [3.63, 3.8) is 0 Å². The van der Waals surface area contributed by atoms with Gasteiger partial charge in [-0.2, -0.15) is 15.1 Å². The van der Waals surface area contributed by atoms with Crippen LogP contribution in [0, 0.1) is 12.3 Å². The molecule has 1 amide bonds. The number of aliphatic imine (C=N–C) groups is 1. The lowest BCUT2D eigenvalue weighted by Gasteiger charge is -2.20. The van der Waals surface area contributed by atoms with Gasteiger partial charge in [0.25, 0.3) is 5.91 Å². The molecule has 4 aromatic rings. The minimum absolute atomic E-state index is 0.0244. The fourth-order valence-electron chi connectivity index (χ4n) is 4.73. The van der Waals surface area contributed by atoms with Crippen molar-refractivity contribution in [3.05, 3.63) is 100 Å². The molecular weight excluding hydrogens is 546 g/mol. The number of nitrogens with zero attached hydrogens (tertiary/aromatic N) is 4. The number of benzene rings is 3. The Morgan fingerprint density at radius 3 is 2.52 bits per heavy atom. The maximum Gasteiger partial charge on any atom is 0.283 e. The fraction of sp³-hybridized carbons (Fsp3) is 0.133.